The molecule has 16 nitrogen and oxygen atoms in total. The van der Waals surface area contributed by atoms with Gasteiger partial charge in [-0.3, -0.25) is 47.8 Å². The average Bonchev–Trinajstić information content (AvgIpc) is 1.59. The summed E-state index contributed by atoms with van der Waals surface area (Å²) in [5.74, 6) is -6.12. The molecule has 4 aromatic carbocycles. The number of anilines is 3. The molecule has 13 aromatic rings. The molecule has 3 aliphatic carbocycles. The van der Waals surface area contributed by atoms with E-state index >= 15 is 4.39 Å². The van der Waals surface area contributed by atoms with Gasteiger partial charge in [-0.05, 0) is 215 Å². The van der Waals surface area contributed by atoms with Crippen molar-refractivity contribution in [2.75, 3.05) is 4.90 Å². The van der Waals surface area contributed by atoms with Gasteiger partial charge in [-0.1, -0.05) is 231 Å². The molecule has 0 unspecified atom stereocenters. The van der Waals surface area contributed by atoms with Crippen molar-refractivity contribution in [1.82, 2.24) is 58.8 Å². The van der Waals surface area contributed by atoms with Crippen molar-refractivity contribution >= 4 is 23.3 Å². The number of imidazole rings is 2. The van der Waals surface area contributed by atoms with Gasteiger partial charge in [0.05, 0.1) is 22.9 Å². The molecule has 9 aromatic heterocycles. The van der Waals surface area contributed by atoms with Gasteiger partial charge in [0, 0.05) is 86.4 Å². The normalized spacial score (nSPS) is 14.5. The zero-order chi connectivity index (χ0) is 93.6. The van der Waals surface area contributed by atoms with E-state index in [1.807, 2.05) is 113 Å². The number of nitriles is 1. The molecule has 9 heterocycles. The first-order valence-corrected chi connectivity index (χ1v) is 45.4. The monoisotopic (exact) mass is 2360 g/mol. The Morgan fingerprint density at radius 3 is 1.67 bits per heavy atom. The summed E-state index contributed by atoms with van der Waals surface area (Å²) in [6.07, 6.45) is 28.1. The fourth-order valence-corrected chi connectivity index (χ4v) is 19.0. The third-order valence-electron chi connectivity index (χ3n) is 27.0. The molecule has 3 saturated carbocycles. The first-order valence-electron chi connectivity index (χ1n) is 45.4. The molecule has 16 rings (SSSR count). The van der Waals surface area contributed by atoms with E-state index in [9.17, 15) is 45.9 Å². The SMILES string of the molecule is CC(C)c1cc(C(C)C)cc(N(c2cccc(-c3[c-]cc(F)nc3F)n2)c2ccn(-c3[c-]cc(CCCC4(C)CCCCC4)c(C#N)c3)n2)c1.CCC1(Cc2cc(-c3[c-]cc(F)nc3F)nc(C(C)(C)c3nc(-c4[c-]cc(F)nc4F)cn3C)c2)CCCCC1.Cc1cccc(C)c1-n1cc(C(C)(C)c2cccc(-c3[c-]cc(F)c(CCC4(C)CCCC4)c3F)n2)nc1C(=O)O.[Pt+2].[Pt+2].[Pt]. The Hall–Kier alpha value is -10.3. The van der Waals surface area contributed by atoms with E-state index in [-0.39, 0.29) is 131 Å². The van der Waals surface area contributed by atoms with Crippen LogP contribution in [0.5, 0.6) is 0 Å². The van der Waals surface area contributed by atoms with Gasteiger partial charge in [0.15, 0.2) is 5.82 Å². The fourth-order valence-electron chi connectivity index (χ4n) is 19.0. The maximum absolute atomic E-state index is 15.8. The molecule has 0 atom stereocenters. The third kappa shape index (κ3) is 23.7. The summed E-state index contributed by atoms with van der Waals surface area (Å²) in [6, 6.07) is 52.9. The molecule has 0 aliphatic heterocycles. The van der Waals surface area contributed by atoms with E-state index in [1.54, 1.807) is 57.5 Å². The van der Waals surface area contributed by atoms with E-state index in [4.69, 9.17) is 20.1 Å². The van der Waals surface area contributed by atoms with Crippen LogP contribution in [-0.2, 0) is 100 Å². The molecule has 0 amide bonds. The van der Waals surface area contributed by atoms with E-state index in [0.717, 1.165) is 121 Å². The van der Waals surface area contributed by atoms with Crippen LogP contribution >= 0.6 is 0 Å². The number of aromatic nitrogens is 12. The van der Waals surface area contributed by atoms with Crippen LogP contribution in [0.15, 0.2) is 146 Å². The Bertz CT molecular complexity index is 6330. The summed E-state index contributed by atoms with van der Waals surface area (Å²) >= 11 is 0. The minimum absolute atomic E-state index is 0. The molecule has 0 saturated heterocycles. The topological polar surface area (TPSA) is 195 Å². The van der Waals surface area contributed by atoms with Gasteiger partial charge in [-0.15, -0.1) is 42.0 Å². The van der Waals surface area contributed by atoms with Gasteiger partial charge >= 0.3 is 48.1 Å². The number of carboxylic acid groups (broad SMARTS) is 1. The summed E-state index contributed by atoms with van der Waals surface area (Å²) in [5.41, 5.74) is 11.1. The van der Waals surface area contributed by atoms with Crippen LogP contribution < -0.4 is 4.90 Å². The quantitative estimate of drug-likeness (QED) is 0.0306. The molecule has 1 N–H and O–H groups in total. The number of hydrogen-bond acceptors (Lipinski definition) is 12. The van der Waals surface area contributed by atoms with Crippen molar-refractivity contribution in [3.05, 3.63) is 297 Å². The predicted molar refractivity (Wildman–Crippen MR) is 492 cm³/mol. The maximum Gasteiger partial charge on any atom is 2.00 e. The zero-order valence-corrected chi connectivity index (χ0v) is 84.8. The van der Waals surface area contributed by atoms with Crippen LogP contribution in [0.25, 0.3) is 56.4 Å². The molecule has 708 valence electrons. The van der Waals surface area contributed by atoms with Crippen molar-refractivity contribution in [1.29, 1.82) is 5.26 Å². The van der Waals surface area contributed by atoms with Crippen LogP contribution in [0.4, 0.5) is 52.4 Å². The minimum atomic E-state index is -1.14. The molecule has 0 bridgehead atoms. The van der Waals surface area contributed by atoms with E-state index in [2.05, 4.69) is 128 Å². The van der Waals surface area contributed by atoms with Crippen LogP contribution in [0, 0.1) is 119 Å². The zero-order valence-electron chi connectivity index (χ0n) is 77.9. The van der Waals surface area contributed by atoms with Crippen molar-refractivity contribution in [2.45, 2.75) is 248 Å². The van der Waals surface area contributed by atoms with Gasteiger partial charge in [0.25, 0.3) is 0 Å². The summed E-state index contributed by atoms with van der Waals surface area (Å²) in [4.78, 5) is 47.7. The number of aromatic carboxylic acids is 1. The van der Waals surface area contributed by atoms with Crippen molar-refractivity contribution in [2.24, 2.45) is 23.3 Å². The first-order chi connectivity index (χ1) is 62.4. The number of benzene rings is 4. The number of para-hydroxylation sites is 1. The van der Waals surface area contributed by atoms with Gasteiger partial charge < -0.3 is 19.6 Å². The molecule has 134 heavy (non-hydrogen) atoms. The number of pyridine rings is 6. The summed E-state index contributed by atoms with van der Waals surface area (Å²) in [5, 5.41) is 25.1. The van der Waals surface area contributed by atoms with Crippen molar-refractivity contribution in [3.63, 3.8) is 0 Å². The fraction of sp³-hybridized carbons (Fsp3) is 0.393. The van der Waals surface area contributed by atoms with Gasteiger partial charge in [-0.2, -0.15) is 22.5 Å². The largest absolute Gasteiger partial charge is 2.00 e. The summed E-state index contributed by atoms with van der Waals surface area (Å²) in [6.45, 7) is 27.0. The summed E-state index contributed by atoms with van der Waals surface area (Å²) < 4.78 is 120. The molecule has 0 spiro atoms. The number of carboxylic acids is 1. The number of halogens is 8. The maximum atomic E-state index is 15.8. The number of aryl methyl sites for hydroxylation is 4. The Labute approximate surface area is 824 Å². The van der Waals surface area contributed by atoms with Crippen LogP contribution in [-0.4, -0.2) is 69.9 Å². The van der Waals surface area contributed by atoms with Crippen LogP contribution in [0.2, 0.25) is 0 Å². The standard InChI is InChI=1S/C42H44F2N6.C34H36F2N3O2.C31H31F4N5.3Pt/c1-28(2)31-23-32(29(3)4)25-35(24-31)50(39-13-9-12-37(46-39)36-16-17-38(43)47-41(36)44)40-18-22-49(48-40)34-15-14-30(33(26-34)27-45)11-10-21-42(5)19-7-6-8-20-42;1-21-10-8-11-22(2)30(21)39-20-28(38-31(39)32(40)41)33(3,4)27-13-9-12-26(37-27)24-14-15-25(35)23(29(24)36)16-19-34(5)17-6-7-18-34;1-5-31(13-7-6-8-14-31)17-19-15-22(20-9-11-25(32)38-27(20)34)36-24(16-19)30(2,3)29-37-23(18-40(29)4)21-10-12-26(33)39-28(21)35;;;/h9,12-14,17-18,22-26,28-29H,6-8,10-11,19-21H2,1-5H3;8-13,15,20H,6-7,16-19H2,1-5H3,(H,40,41);11-12,15-16,18H,5-8,13-14,17H2,1-4H3;;;/q-2;-1;-2;;2*+2. The predicted octanol–water partition coefficient (Wildman–Crippen LogP) is 26.6. The molecular formula is C107H111F8N14O2Pt3-. The van der Waals surface area contributed by atoms with Crippen molar-refractivity contribution in [3.8, 4) is 62.5 Å². The van der Waals surface area contributed by atoms with Crippen LogP contribution in [0.3, 0.4) is 0 Å². The number of nitrogens with zero attached hydrogens (tertiary/aromatic N) is 14. The second kappa shape index (κ2) is 44.2. The van der Waals surface area contributed by atoms with Gasteiger partial charge in [0.2, 0.25) is 5.82 Å². The Morgan fingerprint density at radius 2 is 1.10 bits per heavy atom. The Kier molecular flexibility index (Phi) is 34.4. The second-order valence-electron chi connectivity index (χ2n) is 38.0. The minimum Gasteiger partial charge on any atom is -0.475 e. The molecule has 27 heteroatoms. The molecular weight excluding hydrogens is 2250 g/mol. The number of hydrogen-bond donors (Lipinski definition) is 1. The van der Waals surface area contributed by atoms with E-state index < -0.39 is 64.1 Å². The smallest absolute Gasteiger partial charge is 0.475 e. The van der Waals surface area contributed by atoms with E-state index in [0.29, 0.717) is 69.0 Å². The number of carbonyl (C=O) groups is 1. The average molecular weight is 2360 g/mol. The molecule has 0 radical (unpaired) electrons. The molecule has 3 aliphatic rings. The second-order valence-corrected chi connectivity index (χ2v) is 38.0. The number of rotatable bonds is 26. The Morgan fingerprint density at radius 1 is 0.560 bits per heavy atom. The van der Waals surface area contributed by atoms with Gasteiger partial charge in [-0.25, -0.2) is 36.1 Å². The van der Waals surface area contributed by atoms with Crippen LogP contribution in [0.1, 0.15) is 282 Å². The molecule has 3 fully saturated rings. The summed E-state index contributed by atoms with van der Waals surface area (Å²) in [7, 11) is 1.78. The van der Waals surface area contributed by atoms with Crippen molar-refractivity contribution < 1.29 is 108 Å². The van der Waals surface area contributed by atoms with Gasteiger partial charge in [0.1, 0.15) is 47.3 Å². The Balaban J connectivity index is 0.000000193. The first kappa shape index (κ1) is 104. The van der Waals surface area contributed by atoms with E-state index in [1.165, 1.54) is 76.7 Å². The third-order valence-corrected chi connectivity index (χ3v) is 27.0.